The van der Waals surface area contributed by atoms with Gasteiger partial charge in [0.25, 0.3) is 0 Å². The molecule has 0 aromatic carbocycles. The van der Waals surface area contributed by atoms with E-state index in [0.717, 1.165) is 44.9 Å². The monoisotopic (exact) mass is 332 g/mol. The lowest BCUT2D eigenvalue weighted by molar-refractivity contribution is -0.143. The number of hydrogen-bond donors (Lipinski definition) is 0. The summed E-state index contributed by atoms with van der Waals surface area (Å²) in [4.78, 5) is 11.2. The van der Waals surface area contributed by atoms with Crippen LogP contribution in [-0.2, 0) is 9.53 Å². The van der Waals surface area contributed by atoms with E-state index in [9.17, 15) is 4.79 Å². The topological polar surface area (TPSA) is 26.3 Å². The van der Waals surface area contributed by atoms with Crippen LogP contribution in [0.15, 0.2) is 48.6 Å². The van der Waals surface area contributed by atoms with Crippen LogP contribution in [-0.4, -0.2) is 12.6 Å². The minimum absolute atomic E-state index is 0.0588. The fraction of sp³-hybridized carbons (Fsp3) is 0.591. The SMILES string of the molecule is CC/C=C/C/C=C/C/C=C/C/C=C/CCCCCCC(=O)OCC. The van der Waals surface area contributed by atoms with Gasteiger partial charge in [-0.25, -0.2) is 0 Å². The standard InChI is InChI=1S/C22H36O2/c1-3-5-6-7-8-9-10-11-12-13-14-15-16-17-18-19-20-21-22(23)24-4-2/h5-6,8-9,11-12,14-15H,3-4,7,10,13,16-21H2,1-2H3/b6-5+,9-8+,12-11+,15-14+. The second-order valence-electron chi connectivity index (χ2n) is 5.76. The molecule has 0 unspecified atom stereocenters. The van der Waals surface area contributed by atoms with Crippen molar-refractivity contribution in [3.8, 4) is 0 Å². The molecule has 0 heterocycles. The zero-order chi connectivity index (χ0) is 17.7. The van der Waals surface area contributed by atoms with Crippen molar-refractivity contribution in [3.05, 3.63) is 48.6 Å². The van der Waals surface area contributed by atoms with Gasteiger partial charge in [0.05, 0.1) is 6.61 Å². The van der Waals surface area contributed by atoms with Crippen molar-refractivity contribution in [2.24, 2.45) is 0 Å². The lowest BCUT2D eigenvalue weighted by atomic mass is 10.1. The van der Waals surface area contributed by atoms with Crippen LogP contribution in [0.25, 0.3) is 0 Å². The summed E-state index contributed by atoms with van der Waals surface area (Å²) in [5.74, 6) is -0.0588. The third-order valence-corrected chi connectivity index (χ3v) is 3.53. The number of esters is 1. The van der Waals surface area contributed by atoms with Crippen molar-refractivity contribution < 1.29 is 9.53 Å². The molecule has 0 aromatic rings. The van der Waals surface area contributed by atoms with Gasteiger partial charge in [0.15, 0.2) is 0 Å². The fourth-order valence-corrected chi connectivity index (χ4v) is 2.22. The van der Waals surface area contributed by atoms with E-state index in [4.69, 9.17) is 4.74 Å². The molecule has 0 rings (SSSR count). The predicted octanol–water partition coefficient (Wildman–Crippen LogP) is 6.70. The molecule has 0 aliphatic carbocycles. The summed E-state index contributed by atoms with van der Waals surface area (Å²) in [6.07, 6.45) is 28.2. The minimum atomic E-state index is -0.0588. The molecule has 0 aliphatic rings. The molecule has 0 radical (unpaired) electrons. The summed E-state index contributed by atoms with van der Waals surface area (Å²) in [5.41, 5.74) is 0. The van der Waals surface area contributed by atoms with Crippen LogP contribution >= 0.6 is 0 Å². The Morgan fingerprint density at radius 2 is 1.25 bits per heavy atom. The van der Waals surface area contributed by atoms with E-state index < -0.39 is 0 Å². The number of carbonyl (C=O) groups excluding carboxylic acids is 1. The molecule has 0 atom stereocenters. The van der Waals surface area contributed by atoms with Gasteiger partial charge in [-0.2, -0.15) is 0 Å². The summed E-state index contributed by atoms with van der Waals surface area (Å²) >= 11 is 0. The Bertz CT molecular complexity index is 389. The van der Waals surface area contributed by atoms with Crippen LogP contribution in [0.1, 0.15) is 78.1 Å². The molecule has 0 saturated heterocycles. The van der Waals surface area contributed by atoms with Crippen LogP contribution in [0.5, 0.6) is 0 Å². The molecule has 0 fully saturated rings. The molecular weight excluding hydrogens is 296 g/mol. The third-order valence-electron chi connectivity index (χ3n) is 3.53. The van der Waals surface area contributed by atoms with E-state index in [1.807, 2.05) is 6.92 Å². The molecule has 0 aliphatic heterocycles. The summed E-state index contributed by atoms with van der Waals surface area (Å²) in [6, 6.07) is 0. The molecule has 2 nitrogen and oxygen atoms in total. The van der Waals surface area contributed by atoms with Crippen LogP contribution in [0.2, 0.25) is 0 Å². The molecule has 0 N–H and O–H groups in total. The highest BCUT2D eigenvalue weighted by atomic mass is 16.5. The van der Waals surface area contributed by atoms with Crippen LogP contribution in [0.4, 0.5) is 0 Å². The first-order valence-electron chi connectivity index (χ1n) is 9.56. The molecule has 2 heteroatoms. The first kappa shape index (κ1) is 22.4. The summed E-state index contributed by atoms with van der Waals surface area (Å²) in [5, 5.41) is 0. The van der Waals surface area contributed by atoms with E-state index in [-0.39, 0.29) is 5.97 Å². The maximum atomic E-state index is 11.2. The molecule has 0 saturated carbocycles. The Morgan fingerprint density at radius 3 is 1.83 bits per heavy atom. The van der Waals surface area contributed by atoms with Crippen molar-refractivity contribution >= 4 is 5.97 Å². The van der Waals surface area contributed by atoms with Crippen molar-refractivity contribution in [2.75, 3.05) is 6.61 Å². The average molecular weight is 333 g/mol. The van der Waals surface area contributed by atoms with Gasteiger partial charge in [-0.05, 0) is 51.9 Å². The normalized spacial score (nSPS) is 12.2. The first-order valence-corrected chi connectivity index (χ1v) is 9.56. The number of unbranched alkanes of at least 4 members (excludes halogenated alkanes) is 4. The molecule has 0 spiro atoms. The smallest absolute Gasteiger partial charge is 0.305 e. The van der Waals surface area contributed by atoms with E-state index in [2.05, 4.69) is 55.5 Å². The molecule has 0 aromatic heterocycles. The van der Waals surface area contributed by atoms with Gasteiger partial charge in [-0.3, -0.25) is 4.79 Å². The molecule has 0 amide bonds. The van der Waals surface area contributed by atoms with E-state index >= 15 is 0 Å². The van der Waals surface area contributed by atoms with Crippen molar-refractivity contribution in [1.29, 1.82) is 0 Å². The maximum Gasteiger partial charge on any atom is 0.305 e. The van der Waals surface area contributed by atoms with Gasteiger partial charge in [0.1, 0.15) is 0 Å². The van der Waals surface area contributed by atoms with Crippen LogP contribution in [0.3, 0.4) is 0 Å². The Hall–Kier alpha value is -1.57. The highest BCUT2D eigenvalue weighted by molar-refractivity contribution is 5.69. The quantitative estimate of drug-likeness (QED) is 0.189. The zero-order valence-corrected chi connectivity index (χ0v) is 15.7. The average Bonchev–Trinajstić information content (AvgIpc) is 2.58. The van der Waals surface area contributed by atoms with Gasteiger partial charge in [0.2, 0.25) is 0 Å². The van der Waals surface area contributed by atoms with E-state index in [1.54, 1.807) is 0 Å². The summed E-state index contributed by atoms with van der Waals surface area (Å²) in [7, 11) is 0. The Balaban J connectivity index is 3.36. The second kappa shape index (κ2) is 19.5. The largest absolute Gasteiger partial charge is 0.466 e. The zero-order valence-electron chi connectivity index (χ0n) is 15.7. The van der Waals surface area contributed by atoms with Gasteiger partial charge in [-0.15, -0.1) is 0 Å². The maximum absolute atomic E-state index is 11.2. The number of ether oxygens (including phenoxy) is 1. The van der Waals surface area contributed by atoms with E-state index in [0.29, 0.717) is 13.0 Å². The third kappa shape index (κ3) is 18.5. The summed E-state index contributed by atoms with van der Waals surface area (Å²) in [6.45, 7) is 4.50. The first-order chi connectivity index (χ1) is 11.8. The van der Waals surface area contributed by atoms with Crippen molar-refractivity contribution in [2.45, 2.75) is 78.1 Å². The molecule has 0 bridgehead atoms. The number of carbonyl (C=O) groups is 1. The van der Waals surface area contributed by atoms with Crippen LogP contribution in [0, 0.1) is 0 Å². The predicted molar refractivity (Wildman–Crippen MR) is 105 cm³/mol. The highest BCUT2D eigenvalue weighted by Gasteiger charge is 1.99. The molecule has 24 heavy (non-hydrogen) atoms. The Labute approximate surface area is 149 Å². The van der Waals surface area contributed by atoms with E-state index in [1.165, 1.54) is 12.8 Å². The van der Waals surface area contributed by atoms with Crippen LogP contribution < -0.4 is 0 Å². The lowest BCUT2D eigenvalue weighted by Crippen LogP contribution is -2.02. The minimum Gasteiger partial charge on any atom is -0.466 e. The number of allylic oxidation sites excluding steroid dienone is 8. The summed E-state index contributed by atoms with van der Waals surface area (Å²) < 4.78 is 4.91. The number of hydrogen-bond acceptors (Lipinski definition) is 2. The number of rotatable bonds is 15. The van der Waals surface area contributed by atoms with Gasteiger partial charge >= 0.3 is 5.97 Å². The Kier molecular flexibility index (Phi) is 18.2. The van der Waals surface area contributed by atoms with Gasteiger partial charge in [-0.1, -0.05) is 68.4 Å². The van der Waals surface area contributed by atoms with Crippen molar-refractivity contribution in [3.63, 3.8) is 0 Å². The lowest BCUT2D eigenvalue weighted by Gasteiger charge is -2.01. The Morgan fingerprint density at radius 1 is 0.708 bits per heavy atom. The van der Waals surface area contributed by atoms with Gasteiger partial charge in [0, 0.05) is 6.42 Å². The van der Waals surface area contributed by atoms with Gasteiger partial charge < -0.3 is 4.74 Å². The second-order valence-corrected chi connectivity index (χ2v) is 5.76. The molecule has 136 valence electrons. The highest BCUT2D eigenvalue weighted by Crippen LogP contribution is 2.07. The fourth-order valence-electron chi connectivity index (χ4n) is 2.22. The van der Waals surface area contributed by atoms with Crippen molar-refractivity contribution in [1.82, 2.24) is 0 Å². The molecular formula is C22H36O2.